The molecule has 0 spiro atoms. The second kappa shape index (κ2) is 4.27. The zero-order valence-corrected chi connectivity index (χ0v) is 10.2. The summed E-state index contributed by atoms with van der Waals surface area (Å²) in [5.41, 5.74) is 1.10. The molecule has 0 bridgehead atoms. The SMILES string of the molecule is CNS(=O)(=O)c1occc1-c1nccc(C)n1. The molecule has 7 heteroatoms. The fourth-order valence-corrected chi connectivity index (χ4v) is 2.16. The Morgan fingerprint density at radius 1 is 1.35 bits per heavy atom. The van der Waals surface area contributed by atoms with Gasteiger partial charge in [-0.1, -0.05) is 0 Å². The first kappa shape index (κ1) is 11.7. The van der Waals surface area contributed by atoms with Crippen LogP contribution in [-0.2, 0) is 10.0 Å². The van der Waals surface area contributed by atoms with Crippen LogP contribution in [0.15, 0.2) is 34.1 Å². The highest BCUT2D eigenvalue weighted by Gasteiger charge is 2.23. The standard InChI is InChI=1S/C10H11N3O3S/c1-7-3-5-12-9(13-7)8-4-6-16-10(8)17(14,15)11-2/h3-6,11H,1-2H3. The molecule has 0 aliphatic rings. The van der Waals surface area contributed by atoms with Crippen molar-refractivity contribution in [3.63, 3.8) is 0 Å². The van der Waals surface area contributed by atoms with E-state index in [0.717, 1.165) is 5.69 Å². The minimum absolute atomic E-state index is 0.175. The van der Waals surface area contributed by atoms with Gasteiger partial charge >= 0.3 is 0 Å². The summed E-state index contributed by atoms with van der Waals surface area (Å²) in [6.07, 6.45) is 2.87. The Morgan fingerprint density at radius 3 is 2.76 bits per heavy atom. The van der Waals surface area contributed by atoms with Crippen LogP contribution in [0.1, 0.15) is 5.69 Å². The number of nitrogens with one attached hydrogen (secondary N) is 1. The average Bonchev–Trinajstić information content (AvgIpc) is 2.78. The molecule has 0 saturated carbocycles. The summed E-state index contributed by atoms with van der Waals surface area (Å²) in [6.45, 7) is 1.80. The van der Waals surface area contributed by atoms with Gasteiger partial charge in [0, 0.05) is 11.9 Å². The van der Waals surface area contributed by atoms with Crippen molar-refractivity contribution in [2.24, 2.45) is 0 Å². The molecule has 0 unspecified atom stereocenters. The minimum Gasteiger partial charge on any atom is -0.451 e. The Labute approximate surface area is 98.8 Å². The molecule has 0 amide bonds. The van der Waals surface area contributed by atoms with Crippen LogP contribution in [0.5, 0.6) is 0 Å². The molecular formula is C10H11N3O3S. The maximum Gasteiger partial charge on any atom is 0.274 e. The first-order chi connectivity index (χ1) is 8.04. The third-order valence-corrected chi connectivity index (χ3v) is 3.52. The largest absolute Gasteiger partial charge is 0.451 e. The lowest BCUT2D eigenvalue weighted by Gasteiger charge is -2.02. The van der Waals surface area contributed by atoms with E-state index in [0.29, 0.717) is 11.4 Å². The molecule has 0 saturated heterocycles. The van der Waals surface area contributed by atoms with Crippen molar-refractivity contribution < 1.29 is 12.8 Å². The average molecular weight is 253 g/mol. The molecule has 0 aliphatic heterocycles. The number of hydrogen-bond donors (Lipinski definition) is 1. The number of rotatable bonds is 3. The number of furan rings is 1. The van der Waals surface area contributed by atoms with Gasteiger partial charge in [-0.05, 0) is 26.1 Å². The molecule has 1 N–H and O–H groups in total. The van der Waals surface area contributed by atoms with Gasteiger partial charge in [0.2, 0.25) is 5.09 Å². The van der Waals surface area contributed by atoms with E-state index >= 15 is 0 Å². The van der Waals surface area contributed by atoms with Crippen molar-refractivity contribution in [2.75, 3.05) is 7.05 Å². The number of hydrogen-bond acceptors (Lipinski definition) is 5. The molecule has 2 rings (SSSR count). The van der Waals surface area contributed by atoms with Crippen molar-refractivity contribution >= 4 is 10.0 Å². The van der Waals surface area contributed by atoms with Gasteiger partial charge in [0.1, 0.15) is 0 Å². The number of aryl methyl sites for hydroxylation is 1. The third kappa shape index (κ3) is 2.20. The summed E-state index contributed by atoms with van der Waals surface area (Å²) in [7, 11) is -2.32. The molecule has 90 valence electrons. The van der Waals surface area contributed by atoms with Gasteiger partial charge in [-0.3, -0.25) is 0 Å². The van der Waals surface area contributed by atoms with Gasteiger partial charge in [0.05, 0.1) is 11.8 Å². The predicted octanol–water partition coefficient (Wildman–Crippen LogP) is 0.953. The highest BCUT2D eigenvalue weighted by atomic mass is 32.2. The van der Waals surface area contributed by atoms with E-state index in [2.05, 4.69) is 14.7 Å². The van der Waals surface area contributed by atoms with E-state index < -0.39 is 10.0 Å². The Morgan fingerprint density at radius 2 is 2.12 bits per heavy atom. The molecule has 2 aromatic rings. The van der Waals surface area contributed by atoms with Crippen molar-refractivity contribution in [3.8, 4) is 11.4 Å². The Kier molecular flexibility index (Phi) is 2.95. The van der Waals surface area contributed by atoms with Crippen LogP contribution in [0.4, 0.5) is 0 Å². The van der Waals surface area contributed by atoms with E-state index in [1.54, 1.807) is 19.2 Å². The highest BCUT2D eigenvalue weighted by Crippen LogP contribution is 2.25. The molecule has 2 heterocycles. The summed E-state index contributed by atoms with van der Waals surface area (Å²) in [5.74, 6) is 0.326. The van der Waals surface area contributed by atoms with Gasteiger partial charge in [-0.2, -0.15) is 0 Å². The van der Waals surface area contributed by atoms with Gasteiger partial charge in [0.25, 0.3) is 10.0 Å². The maximum absolute atomic E-state index is 11.7. The van der Waals surface area contributed by atoms with Crippen molar-refractivity contribution in [3.05, 3.63) is 30.3 Å². The van der Waals surface area contributed by atoms with E-state index in [-0.39, 0.29) is 5.09 Å². The summed E-state index contributed by atoms with van der Waals surface area (Å²) in [4.78, 5) is 8.19. The smallest absolute Gasteiger partial charge is 0.274 e. The summed E-state index contributed by atoms with van der Waals surface area (Å²) in [5, 5.41) is -0.175. The Hall–Kier alpha value is -1.73. The quantitative estimate of drug-likeness (QED) is 0.880. The highest BCUT2D eigenvalue weighted by molar-refractivity contribution is 7.89. The summed E-state index contributed by atoms with van der Waals surface area (Å²) in [6, 6.07) is 3.26. The number of nitrogens with zero attached hydrogens (tertiary/aromatic N) is 2. The molecule has 0 fully saturated rings. The van der Waals surface area contributed by atoms with Crippen molar-refractivity contribution in [1.82, 2.24) is 14.7 Å². The first-order valence-electron chi connectivity index (χ1n) is 4.85. The second-order valence-corrected chi connectivity index (χ2v) is 5.14. The van der Waals surface area contributed by atoms with Crippen LogP contribution in [0.3, 0.4) is 0 Å². The Bertz CT molecular complexity index is 634. The molecule has 0 aromatic carbocycles. The lowest BCUT2D eigenvalue weighted by molar-refractivity contribution is 0.449. The van der Waals surface area contributed by atoms with Crippen molar-refractivity contribution in [1.29, 1.82) is 0 Å². The van der Waals surface area contributed by atoms with Gasteiger partial charge < -0.3 is 4.42 Å². The molecule has 0 radical (unpaired) electrons. The monoisotopic (exact) mass is 253 g/mol. The second-order valence-electron chi connectivity index (χ2n) is 3.35. The third-order valence-electron chi connectivity index (χ3n) is 2.18. The number of aromatic nitrogens is 2. The maximum atomic E-state index is 11.7. The first-order valence-corrected chi connectivity index (χ1v) is 6.34. The van der Waals surface area contributed by atoms with Crippen LogP contribution in [0.2, 0.25) is 0 Å². The molecule has 0 atom stereocenters. The molecule has 0 aliphatic carbocycles. The van der Waals surface area contributed by atoms with Crippen molar-refractivity contribution in [2.45, 2.75) is 12.0 Å². The van der Waals surface area contributed by atoms with Gasteiger partial charge in [0.15, 0.2) is 5.82 Å². The van der Waals surface area contributed by atoms with E-state index in [4.69, 9.17) is 4.42 Å². The van der Waals surface area contributed by atoms with E-state index in [9.17, 15) is 8.42 Å². The van der Waals surface area contributed by atoms with Crippen LogP contribution in [0.25, 0.3) is 11.4 Å². The topological polar surface area (TPSA) is 85.1 Å². The molecular weight excluding hydrogens is 242 g/mol. The zero-order chi connectivity index (χ0) is 12.5. The predicted molar refractivity (Wildman–Crippen MR) is 60.7 cm³/mol. The van der Waals surface area contributed by atoms with E-state index in [1.165, 1.54) is 19.4 Å². The lowest BCUT2D eigenvalue weighted by atomic mass is 10.3. The van der Waals surface area contributed by atoms with Gasteiger partial charge in [-0.15, -0.1) is 0 Å². The minimum atomic E-state index is -3.64. The number of sulfonamides is 1. The fourth-order valence-electron chi connectivity index (χ4n) is 1.34. The van der Waals surface area contributed by atoms with Crippen LogP contribution in [0, 0.1) is 6.92 Å². The molecule has 6 nitrogen and oxygen atoms in total. The Balaban J connectivity index is 2.59. The summed E-state index contributed by atoms with van der Waals surface area (Å²) < 4.78 is 30.5. The fraction of sp³-hybridized carbons (Fsp3) is 0.200. The summed E-state index contributed by atoms with van der Waals surface area (Å²) >= 11 is 0. The zero-order valence-electron chi connectivity index (χ0n) is 9.34. The normalized spacial score (nSPS) is 11.6. The van der Waals surface area contributed by atoms with Crippen LogP contribution < -0.4 is 4.72 Å². The molecule has 2 aromatic heterocycles. The van der Waals surface area contributed by atoms with Crippen LogP contribution >= 0.6 is 0 Å². The lowest BCUT2D eigenvalue weighted by Crippen LogP contribution is -2.18. The van der Waals surface area contributed by atoms with Crippen LogP contribution in [-0.4, -0.2) is 25.4 Å². The van der Waals surface area contributed by atoms with Gasteiger partial charge in [-0.25, -0.2) is 23.1 Å². The van der Waals surface area contributed by atoms with E-state index in [1.807, 2.05) is 0 Å². The molecule has 17 heavy (non-hydrogen) atoms.